The second-order valence-corrected chi connectivity index (χ2v) is 7.15. The largest absolute Gasteiger partial charge is 0.490 e. The second kappa shape index (κ2) is 10.7. The number of carbonyl (C=O) groups excluding carboxylic acids is 1. The Balaban J connectivity index is 0.000000429. The van der Waals surface area contributed by atoms with Crippen LogP contribution in [0.5, 0.6) is 0 Å². The molecule has 2 aromatic heterocycles. The van der Waals surface area contributed by atoms with E-state index >= 15 is 0 Å². The Kier molecular flexibility index (Phi) is 7.66. The van der Waals surface area contributed by atoms with Crippen molar-refractivity contribution < 1.29 is 37.5 Å². The predicted octanol–water partition coefficient (Wildman–Crippen LogP) is 4.82. The number of amides is 1. The molecule has 2 aromatic carbocycles. The highest BCUT2D eigenvalue weighted by molar-refractivity contribution is 5.96. The van der Waals surface area contributed by atoms with Gasteiger partial charge in [-0.1, -0.05) is 30.3 Å². The van der Waals surface area contributed by atoms with E-state index in [9.17, 15) is 18.0 Å². The number of nitrogens with one attached hydrogen (secondary N) is 2. The number of alkyl halides is 3. The van der Waals surface area contributed by atoms with Crippen molar-refractivity contribution >= 4 is 28.8 Å². The average Bonchev–Trinajstić information content (AvgIpc) is 3.28. The van der Waals surface area contributed by atoms with Gasteiger partial charge >= 0.3 is 12.1 Å². The van der Waals surface area contributed by atoms with Crippen LogP contribution in [0.1, 0.15) is 28.9 Å². The molecule has 0 aliphatic carbocycles. The molecule has 4 N–H and O–H groups in total. The van der Waals surface area contributed by atoms with Gasteiger partial charge in [0.2, 0.25) is 5.89 Å². The molecule has 0 aliphatic rings. The standard InChI is InChI=1S/C21H18N4O3.C2HF3O2/c1-13(14-5-3-2-4-6-14)23-19-10-8-16(12-22-19)21-24-17-11-15(20(26)25-27)7-9-18(17)28-21;3-2(4,5)1(6)7/h2-13,27H,1H3,(H,22,23)(H,25,26);(H,6,7). The molecule has 4 rings (SSSR count). The Bertz CT molecular complexity index is 1310. The Morgan fingerprint density at radius 1 is 1.06 bits per heavy atom. The smallest absolute Gasteiger partial charge is 0.475 e. The van der Waals surface area contributed by atoms with E-state index in [0.717, 1.165) is 11.4 Å². The van der Waals surface area contributed by atoms with E-state index in [1.165, 1.54) is 5.56 Å². The van der Waals surface area contributed by atoms with Gasteiger partial charge < -0.3 is 14.8 Å². The SMILES string of the molecule is CC(Nc1ccc(-c2nc3cc(C(=O)NO)ccc3o2)cn1)c1ccccc1.O=C(O)C(F)(F)F. The number of carboxylic acids is 1. The summed E-state index contributed by atoms with van der Waals surface area (Å²) in [6.07, 6.45) is -3.40. The van der Waals surface area contributed by atoms with Gasteiger partial charge in [-0.25, -0.2) is 20.2 Å². The van der Waals surface area contributed by atoms with Crippen LogP contribution < -0.4 is 10.8 Å². The summed E-state index contributed by atoms with van der Waals surface area (Å²) >= 11 is 0. The molecular formula is C23H19F3N4O5. The van der Waals surface area contributed by atoms with Gasteiger partial charge in [0.15, 0.2) is 5.58 Å². The number of benzene rings is 2. The van der Waals surface area contributed by atoms with Crippen molar-refractivity contribution in [3.05, 3.63) is 78.0 Å². The minimum Gasteiger partial charge on any atom is -0.475 e. The first kappa shape index (κ1) is 25.2. The molecule has 35 heavy (non-hydrogen) atoms. The second-order valence-electron chi connectivity index (χ2n) is 7.15. The zero-order valence-corrected chi connectivity index (χ0v) is 18.1. The molecule has 4 aromatic rings. The number of fused-ring (bicyclic) bond motifs is 1. The number of carboxylic acid groups (broad SMARTS) is 1. The molecule has 1 unspecified atom stereocenters. The number of halogens is 3. The molecular weight excluding hydrogens is 469 g/mol. The first-order chi connectivity index (χ1) is 16.6. The van der Waals surface area contributed by atoms with Gasteiger partial charge in [-0.2, -0.15) is 13.2 Å². The third-order valence-corrected chi connectivity index (χ3v) is 4.67. The number of pyridine rings is 1. The van der Waals surface area contributed by atoms with E-state index in [2.05, 4.69) is 34.3 Å². The van der Waals surface area contributed by atoms with Crippen LogP contribution in [0.2, 0.25) is 0 Å². The summed E-state index contributed by atoms with van der Waals surface area (Å²) in [6, 6.07) is 18.8. The fourth-order valence-corrected chi connectivity index (χ4v) is 2.91. The van der Waals surface area contributed by atoms with Crippen LogP contribution in [-0.2, 0) is 4.79 Å². The number of aromatic nitrogens is 2. The van der Waals surface area contributed by atoms with Crippen LogP contribution in [0, 0.1) is 0 Å². The topological polar surface area (TPSA) is 138 Å². The third-order valence-electron chi connectivity index (χ3n) is 4.67. The predicted molar refractivity (Wildman–Crippen MR) is 119 cm³/mol. The highest BCUT2D eigenvalue weighted by Crippen LogP contribution is 2.26. The molecule has 2 heterocycles. The van der Waals surface area contributed by atoms with Crippen molar-refractivity contribution in [2.24, 2.45) is 0 Å². The average molecular weight is 488 g/mol. The molecule has 0 bridgehead atoms. The number of hydrogen-bond donors (Lipinski definition) is 4. The van der Waals surface area contributed by atoms with Gasteiger partial charge in [0.1, 0.15) is 11.3 Å². The van der Waals surface area contributed by atoms with Crippen molar-refractivity contribution in [2.75, 3.05) is 5.32 Å². The number of nitrogens with zero attached hydrogens (tertiary/aromatic N) is 2. The molecule has 182 valence electrons. The zero-order chi connectivity index (χ0) is 25.6. The van der Waals surface area contributed by atoms with E-state index in [-0.39, 0.29) is 6.04 Å². The lowest BCUT2D eigenvalue weighted by molar-refractivity contribution is -0.192. The number of hydroxylamine groups is 1. The lowest BCUT2D eigenvalue weighted by Crippen LogP contribution is -2.21. The van der Waals surface area contributed by atoms with Gasteiger partial charge in [0, 0.05) is 17.8 Å². The van der Waals surface area contributed by atoms with Crippen molar-refractivity contribution in [3.63, 3.8) is 0 Å². The Morgan fingerprint density at radius 3 is 2.31 bits per heavy atom. The van der Waals surface area contributed by atoms with Gasteiger partial charge in [-0.15, -0.1) is 0 Å². The number of rotatable bonds is 5. The van der Waals surface area contributed by atoms with Crippen molar-refractivity contribution in [2.45, 2.75) is 19.1 Å². The highest BCUT2D eigenvalue weighted by atomic mass is 19.4. The van der Waals surface area contributed by atoms with E-state index in [0.29, 0.717) is 22.6 Å². The molecule has 0 saturated heterocycles. The van der Waals surface area contributed by atoms with E-state index in [1.54, 1.807) is 29.9 Å². The number of anilines is 1. The Labute approximate surface area is 196 Å². The van der Waals surface area contributed by atoms with Crippen molar-refractivity contribution in [1.29, 1.82) is 0 Å². The molecule has 1 amide bonds. The Hall–Kier alpha value is -4.45. The van der Waals surface area contributed by atoms with Gasteiger partial charge in [-0.05, 0) is 42.8 Å². The lowest BCUT2D eigenvalue weighted by Gasteiger charge is -2.14. The summed E-state index contributed by atoms with van der Waals surface area (Å²) in [5, 5.41) is 19.2. The summed E-state index contributed by atoms with van der Waals surface area (Å²) < 4.78 is 37.5. The summed E-state index contributed by atoms with van der Waals surface area (Å²) in [7, 11) is 0. The monoisotopic (exact) mass is 488 g/mol. The zero-order valence-electron chi connectivity index (χ0n) is 18.1. The molecule has 0 saturated carbocycles. The molecule has 9 nitrogen and oxygen atoms in total. The number of hydrogen-bond acceptors (Lipinski definition) is 7. The number of aliphatic carboxylic acids is 1. The molecule has 12 heteroatoms. The van der Waals surface area contributed by atoms with Crippen LogP contribution in [0.25, 0.3) is 22.6 Å². The minimum atomic E-state index is -5.08. The van der Waals surface area contributed by atoms with Crippen LogP contribution in [0.3, 0.4) is 0 Å². The van der Waals surface area contributed by atoms with Crippen LogP contribution in [-0.4, -0.2) is 38.3 Å². The third kappa shape index (κ3) is 6.54. The normalized spacial score (nSPS) is 11.8. The fraction of sp³-hybridized carbons (Fsp3) is 0.130. The summed E-state index contributed by atoms with van der Waals surface area (Å²) in [4.78, 5) is 29.3. The maximum atomic E-state index is 11.5. The summed E-state index contributed by atoms with van der Waals surface area (Å²) in [5.74, 6) is -2.20. The fourth-order valence-electron chi connectivity index (χ4n) is 2.91. The van der Waals surface area contributed by atoms with Crippen molar-refractivity contribution in [1.82, 2.24) is 15.4 Å². The summed E-state index contributed by atoms with van der Waals surface area (Å²) in [5.41, 5.74) is 4.87. The van der Waals surface area contributed by atoms with E-state index in [4.69, 9.17) is 19.5 Å². The van der Waals surface area contributed by atoms with Crippen molar-refractivity contribution in [3.8, 4) is 11.5 Å². The molecule has 1 atom stereocenters. The maximum Gasteiger partial charge on any atom is 0.490 e. The van der Waals surface area contributed by atoms with Gasteiger partial charge in [0.05, 0.1) is 5.56 Å². The maximum absolute atomic E-state index is 11.5. The Morgan fingerprint density at radius 2 is 1.74 bits per heavy atom. The molecule has 0 aliphatic heterocycles. The van der Waals surface area contributed by atoms with E-state index in [1.807, 2.05) is 30.3 Å². The van der Waals surface area contributed by atoms with Crippen LogP contribution >= 0.6 is 0 Å². The first-order valence-electron chi connectivity index (χ1n) is 10.0. The number of carbonyl (C=O) groups is 2. The molecule has 0 fully saturated rings. The minimum absolute atomic E-state index is 0.125. The summed E-state index contributed by atoms with van der Waals surface area (Å²) in [6.45, 7) is 2.08. The van der Waals surface area contributed by atoms with Crippen LogP contribution in [0.15, 0.2) is 71.3 Å². The highest BCUT2D eigenvalue weighted by Gasteiger charge is 2.38. The van der Waals surface area contributed by atoms with Gasteiger partial charge in [-0.3, -0.25) is 10.0 Å². The molecule has 0 spiro atoms. The quantitative estimate of drug-likeness (QED) is 0.232. The lowest BCUT2D eigenvalue weighted by atomic mass is 10.1. The van der Waals surface area contributed by atoms with Gasteiger partial charge in [0.25, 0.3) is 5.91 Å². The van der Waals surface area contributed by atoms with Crippen LogP contribution in [0.4, 0.5) is 19.0 Å². The number of oxazole rings is 1. The first-order valence-corrected chi connectivity index (χ1v) is 10.0. The molecule has 0 radical (unpaired) electrons. The van der Waals surface area contributed by atoms with E-state index < -0.39 is 18.1 Å².